The van der Waals surface area contributed by atoms with Crippen LogP contribution >= 0.6 is 0 Å². The number of rotatable bonds is 8. The number of carbonyl (C=O) groups excluding carboxylic acids is 1. The van der Waals surface area contributed by atoms with Crippen LogP contribution in [0.5, 0.6) is 11.5 Å². The Morgan fingerprint density at radius 2 is 1.61 bits per heavy atom. The van der Waals surface area contributed by atoms with Crippen molar-refractivity contribution in [2.24, 2.45) is 0 Å². The number of amides is 1. The number of nitrogens with one attached hydrogen (secondary N) is 1. The van der Waals surface area contributed by atoms with Crippen molar-refractivity contribution in [3.8, 4) is 11.5 Å². The summed E-state index contributed by atoms with van der Waals surface area (Å²) in [5.41, 5.74) is 1.25. The second kappa shape index (κ2) is 8.97. The quantitative estimate of drug-likeness (QED) is 0.729. The molecule has 0 aliphatic rings. The summed E-state index contributed by atoms with van der Waals surface area (Å²) in [5.74, 6) is 0.734. The van der Waals surface area contributed by atoms with Crippen LogP contribution in [0.2, 0.25) is 0 Å². The van der Waals surface area contributed by atoms with Crippen molar-refractivity contribution < 1.29 is 22.7 Å². The summed E-state index contributed by atoms with van der Waals surface area (Å²) in [4.78, 5) is 12.8. The maximum atomic E-state index is 12.8. The highest BCUT2D eigenvalue weighted by Crippen LogP contribution is 2.30. The Kier molecular flexibility index (Phi) is 6.90. The van der Waals surface area contributed by atoms with Crippen LogP contribution in [0, 0.1) is 0 Å². The van der Waals surface area contributed by atoms with Gasteiger partial charge in [0.1, 0.15) is 6.04 Å². The van der Waals surface area contributed by atoms with Crippen molar-refractivity contribution in [3.63, 3.8) is 0 Å². The molecule has 0 aliphatic carbocycles. The Balaban J connectivity index is 2.22. The van der Waals surface area contributed by atoms with Gasteiger partial charge in [-0.05, 0) is 43.7 Å². The Morgan fingerprint density at radius 1 is 1.00 bits per heavy atom. The number of nitrogens with zero attached hydrogens (tertiary/aromatic N) is 1. The molecule has 2 atom stereocenters. The number of ether oxygens (including phenoxy) is 2. The van der Waals surface area contributed by atoms with Gasteiger partial charge in [-0.1, -0.05) is 24.3 Å². The second-order valence-corrected chi connectivity index (χ2v) is 8.27. The summed E-state index contributed by atoms with van der Waals surface area (Å²) in [6.07, 6.45) is 1.08. The number of methoxy groups -OCH3 is 2. The molecule has 2 aromatic rings. The lowest BCUT2D eigenvalue weighted by Gasteiger charge is -2.29. The van der Waals surface area contributed by atoms with E-state index in [0.717, 1.165) is 16.1 Å². The lowest BCUT2D eigenvalue weighted by molar-refractivity contribution is -0.122. The van der Waals surface area contributed by atoms with Gasteiger partial charge in [0.05, 0.1) is 32.2 Å². The fourth-order valence-corrected chi connectivity index (χ4v) is 4.10. The van der Waals surface area contributed by atoms with Gasteiger partial charge in [-0.3, -0.25) is 9.10 Å². The van der Waals surface area contributed by atoms with Gasteiger partial charge in [0, 0.05) is 0 Å². The van der Waals surface area contributed by atoms with Crippen LogP contribution in [0.3, 0.4) is 0 Å². The molecule has 7 nitrogen and oxygen atoms in total. The molecular weight excluding hydrogens is 380 g/mol. The van der Waals surface area contributed by atoms with Gasteiger partial charge in [-0.25, -0.2) is 8.42 Å². The van der Waals surface area contributed by atoms with E-state index in [2.05, 4.69) is 5.32 Å². The molecule has 2 rings (SSSR count). The monoisotopic (exact) mass is 406 g/mol. The van der Waals surface area contributed by atoms with Crippen molar-refractivity contribution >= 4 is 21.6 Å². The molecular formula is C20H26N2O5S. The summed E-state index contributed by atoms with van der Waals surface area (Å²) in [5, 5.41) is 2.87. The first-order valence-electron chi connectivity index (χ1n) is 8.75. The van der Waals surface area contributed by atoms with Crippen molar-refractivity contribution in [1.29, 1.82) is 0 Å². The minimum Gasteiger partial charge on any atom is -0.493 e. The van der Waals surface area contributed by atoms with Crippen LogP contribution in [0.25, 0.3) is 0 Å². The minimum absolute atomic E-state index is 0.355. The molecule has 0 aromatic heterocycles. The fourth-order valence-electron chi connectivity index (χ4n) is 2.92. The number of hydrogen-bond acceptors (Lipinski definition) is 5. The number of hydrogen-bond donors (Lipinski definition) is 1. The third kappa shape index (κ3) is 4.95. The molecule has 0 saturated carbocycles. The maximum absolute atomic E-state index is 12.8. The zero-order valence-corrected chi connectivity index (χ0v) is 17.5. The molecule has 0 bridgehead atoms. The zero-order chi connectivity index (χ0) is 20.9. The maximum Gasteiger partial charge on any atom is 0.244 e. The van der Waals surface area contributed by atoms with Gasteiger partial charge >= 0.3 is 0 Å². The van der Waals surface area contributed by atoms with E-state index in [1.54, 1.807) is 56.5 Å². The molecule has 1 amide bonds. The van der Waals surface area contributed by atoms with Crippen LogP contribution in [0.4, 0.5) is 5.69 Å². The third-order valence-corrected chi connectivity index (χ3v) is 5.61. The van der Waals surface area contributed by atoms with Crippen LogP contribution in [0.1, 0.15) is 25.5 Å². The average Bonchev–Trinajstić information content (AvgIpc) is 2.67. The molecule has 0 radical (unpaired) electrons. The van der Waals surface area contributed by atoms with Gasteiger partial charge in [-0.2, -0.15) is 0 Å². The van der Waals surface area contributed by atoms with Crippen molar-refractivity contribution in [2.45, 2.75) is 25.9 Å². The molecule has 1 N–H and O–H groups in total. The summed E-state index contributed by atoms with van der Waals surface area (Å²) in [7, 11) is -0.558. The lowest BCUT2D eigenvalue weighted by atomic mass is 10.1. The number of sulfonamides is 1. The summed E-state index contributed by atoms with van der Waals surface area (Å²) in [6, 6.07) is 12.6. The standard InChI is InChI=1S/C20H26N2O5S/c1-14(16-11-12-18(26-3)19(13-16)27-4)21-20(23)15(2)22(28(5,24)25)17-9-7-6-8-10-17/h6-15H,1-5H3,(H,21,23)/t14-,15+/m1/s1. The van der Waals surface area contributed by atoms with Crippen molar-refractivity contribution in [2.75, 3.05) is 24.8 Å². The van der Waals surface area contributed by atoms with Crippen LogP contribution in [-0.4, -0.2) is 40.8 Å². The largest absolute Gasteiger partial charge is 0.493 e. The Bertz CT molecular complexity index is 915. The van der Waals surface area contributed by atoms with E-state index >= 15 is 0 Å². The Labute approximate surface area is 166 Å². The predicted octanol–water partition coefficient (Wildman–Crippen LogP) is 2.74. The van der Waals surface area contributed by atoms with Gasteiger partial charge in [0.15, 0.2) is 11.5 Å². The molecule has 0 spiro atoms. The molecule has 0 aliphatic heterocycles. The van der Waals surface area contributed by atoms with Gasteiger partial charge in [0.2, 0.25) is 15.9 Å². The molecule has 28 heavy (non-hydrogen) atoms. The number of carbonyl (C=O) groups is 1. The van der Waals surface area contributed by atoms with Crippen molar-refractivity contribution in [1.82, 2.24) is 5.32 Å². The summed E-state index contributed by atoms with van der Waals surface area (Å²) >= 11 is 0. The topological polar surface area (TPSA) is 84.9 Å². The molecule has 0 saturated heterocycles. The van der Waals surface area contributed by atoms with Crippen LogP contribution < -0.4 is 19.1 Å². The Hall–Kier alpha value is -2.74. The highest BCUT2D eigenvalue weighted by atomic mass is 32.2. The summed E-state index contributed by atoms with van der Waals surface area (Å²) < 4.78 is 36.2. The van der Waals surface area contributed by atoms with E-state index in [1.165, 1.54) is 7.11 Å². The lowest BCUT2D eigenvalue weighted by Crippen LogP contribution is -2.48. The fraction of sp³-hybridized carbons (Fsp3) is 0.350. The van der Waals surface area contributed by atoms with E-state index in [4.69, 9.17) is 9.47 Å². The first kappa shape index (κ1) is 21.6. The van der Waals surface area contributed by atoms with Crippen LogP contribution in [-0.2, 0) is 14.8 Å². The molecule has 152 valence electrons. The normalized spacial score (nSPS) is 13.3. The van der Waals surface area contributed by atoms with E-state index < -0.39 is 22.0 Å². The van der Waals surface area contributed by atoms with Crippen molar-refractivity contribution in [3.05, 3.63) is 54.1 Å². The van der Waals surface area contributed by atoms with E-state index in [0.29, 0.717) is 17.2 Å². The first-order valence-corrected chi connectivity index (χ1v) is 10.6. The van der Waals surface area contributed by atoms with Crippen LogP contribution in [0.15, 0.2) is 48.5 Å². The predicted molar refractivity (Wildman–Crippen MR) is 109 cm³/mol. The second-order valence-electron chi connectivity index (χ2n) is 6.42. The smallest absolute Gasteiger partial charge is 0.244 e. The molecule has 0 fully saturated rings. The van der Waals surface area contributed by atoms with E-state index in [9.17, 15) is 13.2 Å². The minimum atomic E-state index is -3.65. The Morgan fingerprint density at radius 3 is 2.14 bits per heavy atom. The number of benzene rings is 2. The molecule has 0 unspecified atom stereocenters. The summed E-state index contributed by atoms with van der Waals surface area (Å²) in [6.45, 7) is 3.38. The highest BCUT2D eigenvalue weighted by molar-refractivity contribution is 7.92. The average molecular weight is 407 g/mol. The zero-order valence-electron chi connectivity index (χ0n) is 16.7. The van der Waals surface area contributed by atoms with E-state index in [1.807, 2.05) is 13.0 Å². The van der Waals surface area contributed by atoms with Gasteiger partial charge in [0.25, 0.3) is 0 Å². The number of para-hydroxylation sites is 1. The van der Waals surface area contributed by atoms with Gasteiger partial charge in [-0.15, -0.1) is 0 Å². The molecule has 8 heteroatoms. The molecule has 0 heterocycles. The number of anilines is 1. The first-order chi connectivity index (χ1) is 13.2. The SMILES string of the molecule is COc1ccc([C@@H](C)NC(=O)[C@H](C)N(c2ccccc2)S(C)(=O)=O)cc1OC. The van der Waals surface area contributed by atoms with Gasteiger partial charge < -0.3 is 14.8 Å². The highest BCUT2D eigenvalue weighted by Gasteiger charge is 2.29. The molecule has 2 aromatic carbocycles. The third-order valence-electron chi connectivity index (χ3n) is 4.37. The van der Waals surface area contributed by atoms with E-state index in [-0.39, 0.29) is 6.04 Å².